The number of nitrogens with two attached hydrogens (primary N) is 1. The van der Waals surface area contributed by atoms with Crippen LogP contribution in [0.4, 0.5) is 8.78 Å². The van der Waals surface area contributed by atoms with Gasteiger partial charge in [0.05, 0.1) is 4.47 Å². The molecule has 2 nitrogen and oxygen atoms in total. The highest BCUT2D eigenvalue weighted by Gasteiger charge is 2.11. The second-order valence-electron chi connectivity index (χ2n) is 4.61. The third kappa shape index (κ3) is 3.77. The molecule has 0 spiro atoms. The van der Waals surface area contributed by atoms with Gasteiger partial charge in [-0.15, -0.1) is 0 Å². The van der Waals surface area contributed by atoms with E-state index < -0.39 is 5.82 Å². The van der Waals surface area contributed by atoms with E-state index in [-0.39, 0.29) is 11.9 Å². The quantitative estimate of drug-likeness (QED) is 0.893. The fourth-order valence-electron chi connectivity index (χ4n) is 1.83. The molecule has 0 aromatic heterocycles. The van der Waals surface area contributed by atoms with Crippen molar-refractivity contribution in [2.75, 3.05) is 0 Å². The molecular formula is C15H14BrF2NO. The zero-order valence-corrected chi connectivity index (χ0v) is 12.5. The molecule has 0 aliphatic carbocycles. The van der Waals surface area contributed by atoms with Crippen molar-refractivity contribution < 1.29 is 13.5 Å². The van der Waals surface area contributed by atoms with Crippen molar-refractivity contribution in [3.63, 3.8) is 0 Å². The lowest BCUT2D eigenvalue weighted by Gasteiger charge is -2.14. The van der Waals surface area contributed by atoms with Crippen LogP contribution in [-0.2, 0) is 6.42 Å². The summed E-state index contributed by atoms with van der Waals surface area (Å²) in [5, 5.41) is 0. The van der Waals surface area contributed by atoms with E-state index in [0.717, 1.165) is 0 Å². The minimum atomic E-state index is -0.404. The Hall–Kier alpha value is -1.46. The van der Waals surface area contributed by atoms with Crippen LogP contribution in [0, 0.1) is 11.6 Å². The molecule has 0 amide bonds. The van der Waals surface area contributed by atoms with Gasteiger partial charge in [-0.3, -0.25) is 0 Å². The lowest BCUT2D eigenvalue weighted by Crippen LogP contribution is -2.18. The zero-order chi connectivity index (χ0) is 14.7. The van der Waals surface area contributed by atoms with Gasteiger partial charge in [-0.1, -0.05) is 0 Å². The molecule has 2 aromatic carbocycles. The van der Waals surface area contributed by atoms with Crippen LogP contribution in [0.1, 0.15) is 12.5 Å². The number of benzene rings is 2. The van der Waals surface area contributed by atoms with Gasteiger partial charge in [0.15, 0.2) is 0 Å². The monoisotopic (exact) mass is 341 g/mol. The van der Waals surface area contributed by atoms with Gasteiger partial charge in [-0.25, -0.2) is 8.78 Å². The molecule has 1 unspecified atom stereocenters. The summed E-state index contributed by atoms with van der Waals surface area (Å²) in [6.45, 7) is 1.83. The van der Waals surface area contributed by atoms with Crippen molar-refractivity contribution in [2.24, 2.45) is 5.73 Å². The fourth-order valence-corrected chi connectivity index (χ4v) is 2.16. The number of hydrogen-bond donors (Lipinski definition) is 1. The van der Waals surface area contributed by atoms with Gasteiger partial charge < -0.3 is 10.5 Å². The van der Waals surface area contributed by atoms with Crippen LogP contribution in [0.5, 0.6) is 11.5 Å². The zero-order valence-electron chi connectivity index (χ0n) is 10.9. The fraction of sp³-hybridized carbons (Fsp3) is 0.200. The Balaban J connectivity index is 2.35. The molecule has 0 radical (unpaired) electrons. The van der Waals surface area contributed by atoms with Crippen molar-refractivity contribution in [1.82, 2.24) is 0 Å². The second-order valence-corrected chi connectivity index (χ2v) is 5.46. The minimum absolute atomic E-state index is 0.130. The summed E-state index contributed by atoms with van der Waals surface area (Å²) < 4.78 is 32.8. The van der Waals surface area contributed by atoms with Crippen LogP contribution < -0.4 is 10.5 Å². The molecule has 106 valence electrons. The van der Waals surface area contributed by atoms with Crippen molar-refractivity contribution >= 4 is 15.9 Å². The first-order valence-electron chi connectivity index (χ1n) is 6.12. The van der Waals surface area contributed by atoms with Crippen molar-refractivity contribution in [3.8, 4) is 11.5 Å². The average molecular weight is 342 g/mol. The average Bonchev–Trinajstić information content (AvgIpc) is 2.36. The molecule has 0 saturated carbocycles. The van der Waals surface area contributed by atoms with Crippen molar-refractivity contribution in [2.45, 2.75) is 19.4 Å². The molecule has 0 fully saturated rings. The maximum atomic E-state index is 13.3. The van der Waals surface area contributed by atoms with Crippen molar-refractivity contribution in [3.05, 3.63) is 58.1 Å². The third-order valence-electron chi connectivity index (χ3n) is 2.68. The summed E-state index contributed by atoms with van der Waals surface area (Å²) in [7, 11) is 0. The largest absolute Gasteiger partial charge is 0.456 e. The molecule has 2 rings (SSSR count). The van der Waals surface area contributed by atoms with E-state index in [1.807, 2.05) is 6.92 Å². The molecule has 1 atom stereocenters. The Kier molecular flexibility index (Phi) is 4.73. The molecular weight excluding hydrogens is 328 g/mol. The smallest absolute Gasteiger partial charge is 0.144 e. The summed E-state index contributed by atoms with van der Waals surface area (Å²) in [6.07, 6.45) is 0.472. The number of rotatable bonds is 4. The Morgan fingerprint density at radius 3 is 2.45 bits per heavy atom. The predicted octanol–water partition coefficient (Wildman–Crippen LogP) is 4.41. The second kappa shape index (κ2) is 6.33. The highest BCUT2D eigenvalue weighted by Crippen LogP contribution is 2.32. The minimum Gasteiger partial charge on any atom is -0.456 e. The Morgan fingerprint density at radius 2 is 1.75 bits per heavy atom. The van der Waals surface area contributed by atoms with E-state index in [9.17, 15) is 8.78 Å². The van der Waals surface area contributed by atoms with E-state index in [4.69, 9.17) is 10.5 Å². The van der Waals surface area contributed by atoms with Gasteiger partial charge >= 0.3 is 0 Å². The number of ether oxygens (including phenoxy) is 1. The first-order valence-corrected chi connectivity index (χ1v) is 6.92. The molecule has 0 aliphatic rings. The molecule has 5 heteroatoms. The van der Waals surface area contributed by atoms with Gasteiger partial charge in [-0.2, -0.15) is 0 Å². The molecule has 2 aromatic rings. The molecule has 0 saturated heterocycles. The lowest BCUT2D eigenvalue weighted by atomic mass is 10.1. The van der Waals surface area contributed by atoms with E-state index in [1.165, 1.54) is 30.3 Å². The maximum absolute atomic E-state index is 13.3. The normalized spacial score (nSPS) is 12.2. The van der Waals surface area contributed by atoms with Gasteiger partial charge in [0.1, 0.15) is 23.1 Å². The molecule has 20 heavy (non-hydrogen) atoms. The number of hydrogen-bond acceptors (Lipinski definition) is 2. The SMILES string of the molecule is CC(N)Cc1cc(F)ccc1Oc1cc(F)ccc1Br. The highest BCUT2D eigenvalue weighted by molar-refractivity contribution is 9.10. The van der Waals surface area contributed by atoms with Crippen LogP contribution in [0.3, 0.4) is 0 Å². The summed E-state index contributed by atoms with van der Waals surface area (Å²) in [5.74, 6) is 0.0443. The topological polar surface area (TPSA) is 35.2 Å². The van der Waals surface area contributed by atoms with E-state index >= 15 is 0 Å². The van der Waals surface area contributed by atoms with Crippen LogP contribution in [0.2, 0.25) is 0 Å². The molecule has 0 bridgehead atoms. The van der Waals surface area contributed by atoms with Crippen LogP contribution in [0.15, 0.2) is 40.9 Å². The maximum Gasteiger partial charge on any atom is 0.144 e. The van der Waals surface area contributed by atoms with Crippen LogP contribution in [0.25, 0.3) is 0 Å². The van der Waals surface area contributed by atoms with Gasteiger partial charge in [0.2, 0.25) is 0 Å². The summed E-state index contributed by atoms with van der Waals surface area (Å²) >= 11 is 3.29. The summed E-state index contributed by atoms with van der Waals surface area (Å²) in [5.41, 5.74) is 6.39. The van der Waals surface area contributed by atoms with E-state index in [1.54, 1.807) is 6.07 Å². The van der Waals surface area contributed by atoms with Gasteiger partial charge in [-0.05, 0) is 65.2 Å². The number of halogens is 3. The third-order valence-corrected chi connectivity index (χ3v) is 3.33. The van der Waals surface area contributed by atoms with Gasteiger partial charge in [0, 0.05) is 12.1 Å². The summed E-state index contributed by atoms with van der Waals surface area (Å²) in [6, 6.07) is 8.21. The summed E-state index contributed by atoms with van der Waals surface area (Å²) in [4.78, 5) is 0. The van der Waals surface area contributed by atoms with E-state index in [2.05, 4.69) is 15.9 Å². The Bertz CT molecular complexity index is 617. The van der Waals surface area contributed by atoms with Crippen LogP contribution in [-0.4, -0.2) is 6.04 Å². The lowest BCUT2D eigenvalue weighted by molar-refractivity contribution is 0.463. The Morgan fingerprint density at radius 1 is 1.10 bits per heavy atom. The standard InChI is InChI=1S/C15H14BrF2NO/c1-9(19)6-10-7-11(17)3-5-14(10)20-15-8-12(18)2-4-13(15)16/h2-5,7-9H,6,19H2,1H3. The highest BCUT2D eigenvalue weighted by atomic mass is 79.9. The first-order chi connectivity index (χ1) is 9.45. The van der Waals surface area contributed by atoms with Crippen molar-refractivity contribution in [1.29, 1.82) is 0 Å². The Labute approximate surface area is 124 Å². The molecule has 2 N–H and O–H groups in total. The van der Waals surface area contributed by atoms with Gasteiger partial charge in [0.25, 0.3) is 0 Å². The predicted molar refractivity (Wildman–Crippen MR) is 77.9 cm³/mol. The molecule has 0 aliphatic heterocycles. The van der Waals surface area contributed by atoms with Crippen LogP contribution >= 0.6 is 15.9 Å². The molecule has 0 heterocycles. The van der Waals surface area contributed by atoms with E-state index in [0.29, 0.717) is 28.0 Å². The first kappa shape index (κ1) is 14.9.